The molecule has 2 aliphatic rings. The molecule has 202 valence electrons. The average Bonchev–Trinajstić information content (AvgIpc) is 3.71. The van der Waals surface area contributed by atoms with E-state index in [1.807, 2.05) is 54.6 Å². The van der Waals surface area contributed by atoms with E-state index >= 15 is 0 Å². The molecule has 2 saturated heterocycles. The van der Waals surface area contributed by atoms with E-state index in [1.165, 1.54) is 4.90 Å². The number of carboxylic acids is 1. The van der Waals surface area contributed by atoms with E-state index in [2.05, 4.69) is 41.3 Å². The largest absolute Gasteiger partial charge is 0.480 e. The number of aliphatic carboxylic acids is 1. The minimum absolute atomic E-state index is 0.00696. The van der Waals surface area contributed by atoms with Gasteiger partial charge in [0.25, 0.3) is 0 Å². The third-order valence-corrected chi connectivity index (χ3v) is 8.09. The Balaban J connectivity index is 1.39. The second-order valence-electron chi connectivity index (χ2n) is 10.9. The van der Waals surface area contributed by atoms with Gasteiger partial charge >= 0.3 is 5.97 Å². The highest BCUT2D eigenvalue weighted by Crippen LogP contribution is 2.48. The van der Waals surface area contributed by atoms with Crippen molar-refractivity contribution in [2.24, 2.45) is 11.8 Å². The van der Waals surface area contributed by atoms with Crippen molar-refractivity contribution in [1.29, 1.82) is 0 Å². The zero-order valence-corrected chi connectivity index (χ0v) is 22.6. The number of amides is 2. The fraction of sp³-hybridized carbons (Fsp3) is 0.344. The molecule has 3 aromatic carbocycles. The first-order valence-corrected chi connectivity index (χ1v) is 13.5. The number of carboxylic acid groups (broad SMARTS) is 1. The lowest BCUT2D eigenvalue weighted by Crippen LogP contribution is -2.59. The van der Waals surface area contributed by atoms with Crippen LogP contribution >= 0.6 is 0 Å². The molecule has 39 heavy (non-hydrogen) atoms. The Morgan fingerprint density at radius 1 is 0.795 bits per heavy atom. The lowest BCUT2D eigenvalue weighted by Gasteiger charge is -2.42. The summed E-state index contributed by atoms with van der Waals surface area (Å²) in [4.78, 5) is 43.7. The molecular formula is C32H35N3O4. The van der Waals surface area contributed by atoms with E-state index in [9.17, 15) is 19.5 Å². The van der Waals surface area contributed by atoms with E-state index < -0.39 is 17.6 Å². The highest BCUT2D eigenvalue weighted by molar-refractivity contribution is 5.90. The molecule has 2 fully saturated rings. The van der Waals surface area contributed by atoms with Crippen LogP contribution in [0.15, 0.2) is 91.0 Å². The molecule has 0 radical (unpaired) electrons. The molecule has 0 spiro atoms. The number of rotatable bonds is 9. The molecule has 3 aromatic rings. The molecule has 0 aliphatic carbocycles. The third kappa shape index (κ3) is 4.72. The summed E-state index contributed by atoms with van der Waals surface area (Å²) in [7, 11) is 1.54. The Hall–Kier alpha value is -3.97. The Kier molecular flexibility index (Phi) is 7.28. The van der Waals surface area contributed by atoms with E-state index in [-0.39, 0.29) is 29.7 Å². The van der Waals surface area contributed by atoms with Crippen LogP contribution in [0.25, 0.3) is 0 Å². The molecule has 0 aromatic heterocycles. The molecule has 7 nitrogen and oxygen atoms in total. The average molecular weight is 526 g/mol. The zero-order chi connectivity index (χ0) is 27.7. The maximum absolute atomic E-state index is 13.7. The van der Waals surface area contributed by atoms with Gasteiger partial charge in [0.15, 0.2) is 0 Å². The van der Waals surface area contributed by atoms with Crippen molar-refractivity contribution < 1.29 is 19.5 Å². The van der Waals surface area contributed by atoms with Crippen molar-refractivity contribution in [3.8, 4) is 0 Å². The summed E-state index contributed by atoms with van der Waals surface area (Å²) in [6, 6.07) is 29.6. The van der Waals surface area contributed by atoms with Crippen molar-refractivity contribution in [3.63, 3.8) is 0 Å². The predicted octanol–water partition coefficient (Wildman–Crippen LogP) is 3.69. The Morgan fingerprint density at radius 2 is 1.23 bits per heavy atom. The van der Waals surface area contributed by atoms with Crippen LogP contribution in [0.4, 0.5) is 0 Å². The number of hydrogen-bond acceptors (Lipinski definition) is 4. The smallest absolute Gasteiger partial charge is 0.326 e. The van der Waals surface area contributed by atoms with Crippen LogP contribution in [0.3, 0.4) is 0 Å². The second kappa shape index (κ2) is 10.7. The molecule has 2 amide bonds. The van der Waals surface area contributed by atoms with Gasteiger partial charge in [-0.15, -0.1) is 0 Å². The number of likely N-dealkylation sites (tertiary alicyclic amines) is 1. The molecule has 7 heteroatoms. The van der Waals surface area contributed by atoms with E-state index in [4.69, 9.17) is 0 Å². The first-order chi connectivity index (χ1) is 18.8. The third-order valence-electron chi connectivity index (χ3n) is 8.09. The van der Waals surface area contributed by atoms with Crippen LogP contribution in [0.2, 0.25) is 0 Å². The minimum Gasteiger partial charge on any atom is -0.480 e. The second-order valence-corrected chi connectivity index (χ2v) is 10.9. The lowest BCUT2D eigenvalue weighted by molar-refractivity contribution is -0.157. The topological polar surface area (TPSA) is 80.9 Å². The van der Waals surface area contributed by atoms with Crippen LogP contribution in [0, 0.1) is 11.8 Å². The summed E-state index contributed by atoms with van der Waals surface area (Å²) in [6.07, 6.45) is 0. The molecule has 3 atom stereocenters. The normalized spacial score (nSPS) is 19.7. The van der Waals surface area contributed by atoms with Crippen molar-refractivity contribution in [3.05, 3.63) is 108 Å². The summed E-state index contributed by atoms with van der Waals surface area (Å²) >= 11 is 0. The molecular weight excluding hydrogens is 490 g/mol. The van der Waals surface area contributed by atoms with Gasteiger partial charge in [-0.3, -0.25) is 14.5 Å². The standard InChI is InChI=1S/C32H35N3O4/c1-22(2)28(31(38)39)33(3)29(36)23-19-34(20-23)30(37)27-21-35(27)32(24-13-7-4-8-14-24,25-15-9-5-10-16-25)26-17-11-6-12-18-26/h4-18,22-23,27-28H,19-21H2,1-3H3,(H,38,39)/t27?,28?,35-/m1/s1. The Morgan fingerprint density at radius 3 is 1.62 bits per heavy atom. The molecule has 0 saturated carbocycles. The molecule has 0 bridgehead atoms. The summed E-state index contributed by atoms with van der Waals surface area (Å²) in [6.45, 7) is 4.80. The monoisotopic (exact) mass is 525 g/mol. The molecule has 1 N–H and O–H groups in total. The quantitative estimate of drug-likeness (QED) is 0.341. The van der Waals surface area contributed by atoms with Gasteiger partial charge in [-0.25, -0.2) is 4.79 Å². The fourth-order valence-electron chi connectivity index (χ4n) is 6.11. The van der Waals surface area contributed by atoms with Crippen molar-refractivity contribution in [1.82, 2.24) is 14.7 Å². The highest BCUT2D eigenvalue weighted by Gasteiger charge is 2.58. The Bertz CT molecular complexity index is 1230. The van der Waals surface area contributed by atoms with E-state index in [0.29, 0.717) is 19.6 Å². The van der Waals surface area contributed by atoms with Crippen LogP contribution in [-0.2, 0) is 19.9 Å². The number of benzene rings is 3. The summed E-state index contributed by atoms with van der Waals surface area (Å²) in [5.74, 6) is -1.82. The minimum atomic E-state index is -1.01. The van der Waals surface area contributed by atoms with Crippen molar-refractivity contribution in [2.75, 3.05) is 26.7 Å². The maximum atomic E-state index is 13.7. The van der Waals surface area contributed by atoms with Crippen molar-refractivity contribution in [2.45, 2.75) is 31.5 Å². The number of carbonyl (C=O) groups excluding carboxylic acids is 2. The lowest BCUT2D eigenvalue weighted by atomic mass is 9.76. The predicted molar refractivity (Wildman–Crippen MR) is 149 cm³/mol. The number of likely N-dealkylation sites (N-methyl/N-ethyl adjacent to an activating group) is 1. The Labute approximate surface area is 229 Å². The summed E-state index contributed by atoms with van der Waals surface area (Å²) in [5, 5.41) is 9.58. The maximum Gasteiger partial charge on any atom is 0.326 e. The molecule has 2 unspecified atom stereocenters. The van der Waals surface area contributed by atoms with Crippen LogP contribution in [0.5, 0.6) is 0 Å². The summed E-state index contributed by atoms with van der Waals surface area (Å²) < 4.78 is 0. The zero-order valence-electron chi connectivity index (χ0n) is 22.6. The molecule has 2 heterocycles. The number of nitrogens with zero attached hydrogens (tertiary/aromatic N) is 3. The summed E-state index contributed by atoms with van der Waals surface area (Å²) in [5.41, 5.74) is 2.62. The van der Waals surface area contributed by atoms with Gasteiger partial charge in [0.05, 0.1) is 11.5 Å². The SMILES string of the molecule is CC(C)C(C(=O)O)N(C)C(=O)C1CN(C(=O)C2C[N@@]2C(c2ccccc2)(c2ccccc2)c2ccccc2)C1. The van der Waals surface area contributed by atoms with Crippen LogP contribution in [-0.4, -0.2) is 76.4 Å². The number of hydrogen-bond donors (Lipinski definition) is 1. The van der Waals surface area contributed by atoms with Gasteiger partial charge in [0.2, 0.25) is 11.8 Å². The first-order valence-electron chi connectivity index (χ1n) is 13.5. The van der Waals surface area contributed by atoms with Gasteiger partial charge in [-0.05, 0) is 22.6 Å². The highest BCUT2D eigenvalue weighted by atomic mass is 16.4. The molecule has 2 aliphatic heterocycles. The van der Waals surface area contributed by atoms with Gasteiger partial charge < -0.3 is 14.9 Å². The van der Waals surface area contributed by atoms with E-state index in [1.54, 1.807) is 25.8 Å². The van der Waals surface area contributed by atoms with E-state index in [0.717, 1.165) is 16.7 Å². The van der Waals surface area contributed by atoms with Crippen molar-refractivity contribution >= 4 is 17.8 Å². The van der Waals surface area contributed by atoms with Gasteiger partial charge in [0, 0.05) is 26.7 Å². The van der Waals surface area contributed by atoms with Crippen LogP contribution < -0.4 is 0 Å². The fourth-order valence-corrected chi connectivity index (χ4v) is 6.11. The van der Waals surface area contributed by atoms with Gasteiger partial charge in [0.1, 0.15) is 12.1 Å². The molecule has 5 rings (SSSR count). The first kappa shape index (κ1) is 26.6. The van der Waals surface area contributed by atoms with Gasteiger partial charge in [-0.1, -0.05) is 105 Å². The van der Waals surface area contributed by atoms with Crippen LogP contribution in [0.1, 0.15) is 30.5 Å². The number of carbonyl (C=O) groups is 3. The van der Waals surface area contributed by atoms with Gasteiger partial charge in [-0.2, -0.15) is 0 Å².